The van der Waals surface area contributed by atoms with E-state index in [1.165, 1.54) is 5.56 Å². The normalized spacial score (nSPS) is 11.2. The highest BCUT2D eigenvalue weighted by atomic mass is 15.1. The van der Waals surface area contributed by atoms with Crippen LogP contribution in [0.3, 0.4) is 0 Å². The third-order valence-corrected chi connectivity index (χ3v) is 4.06. The van der Waals surface area contributed by atoms with Gasteiger partial charge in [0.05, 0.1) is 5.69 Å². The molecule has 0 fully saturated rings. The van der Waals surface area contributed by atoms with Crippen LogP contribution in [-0.2, 0) is 5.41 Å². The summed E-state index contributed by atoms with van der Waals surface area (Å²) >= 11 is 0. The van der Waals surface area contributed by atoms with Gasteiger partial charge in [-0.15, -0.1) is 0 Å². The number of hydrogen-bond donors (Lipinski definition) is 2. The van der Waals surface area contributed by atoms with Gasteiger partial charge in [0.15, 0.2) is 0 Å². The molecule has 2 heterocycles. The van der Waals surface area contributed by atoms with Crippen LogP contribution in [0.25, 0.3) is 11.3 Å². The number of pyridine rings is 1. The average molecular weight is 347 g/mol. The first-order valence-electron chi connectivity index (χ1n) is 8.86. The Kier molecular flexibility index (Phi) is 5.16. The minimum atomic E-state index is 0.139. The highest BCUT2D eigenvalue weighted by Crippen LogP contribution is 2.26. The molecule has 134 valence electrons. The molecule has 0 aliphatic heterocycles. The highest BCUT2D eigenvalue weighted by molar-refractivity contribution is 5.67. The van der Waals surface area contributed by atoms with Crippen molar-refractivity contribution >= 4 is 17.5 Å². The molecule has 2 N–H and O–H groups in total. The van der Waals surface area contributed by atoms with E-state index in [-0.39, 0.29) is 5.41 Å². The van der Waals surface area contributed by atoms with Crippen LogP contribution in [0.15, 0.2) is 54.9 Å². The molecule has 0 saturated heterocycles. The molecule has 0 saturated carbocycles. The lowest BCUT2D eigenvalue weighted by atomic mass is 9.87. The van der Waals surface area contributed by atoms with E-state index in [9.17, 15) is 0 Å². The molecule has 0 aliphatic carbocycles. The maximum atomic E-state index is 4.59. The minimum Gasteiger partial charge on any atom is -0.354 e. The molecule has 0 spiro atoms. The van der Waals surface area contributed by atoms with E-state index in [1.807, 2.05) is 25.1 Å². The lowest BCUT2D eigenvalue weighted by Gasteiger charge is -2.19. The van der Waals surface area contributed by atoms with Crippen LogP contribution in [0.1, 0.15) is 33.3 Å². The van der Waals surface area contributed by atoms with Crippen LogP contribution in [0, 0.1) is 0 Å². The molecule has 3 rings (SSSR count). The summed E-state index contributed by atoms with van der Waals surface area (Å²) in [6.07, 6.45) is 3.53. The largest absolute Gasteiger partial charge is 0.354 e. The van der Waals surface area contributed by atoms with Crippen molar-refractivity contribution in [3.63, 3.8) is 0 Å². The second-order valence-electron chi connectivity index (χ2n) is 7.18. The molecule has 3 aromatic rings. The number of hydrogen-bond acceptors (Lipinski definition) is 5. The van der Waals surface area contributed by atoms with Crippen molar-refractivity contribution in [1.29, 1.82) is 0 Å². The second-order valence-corrected chi connectivity index (χ2v) is 7.18. The standard InChI is InChI=1S/C21H25N5/c1-5-23-20-25-18(15-10-12-22-13-11-15)14-19(26-20)24-17-8-6-16(7-9-17)21(2,3)4/h6-14H,5H2,1-4H3,(H2,23,24,25,26). The predicted molar refractivity (Wildman–Crippen MR) is 108 cm³/mol. The molecule has 1 aromatic carbocycles. The summed E-state index contributed by atoms with van der Waals surface area (Å²) in [7, 11) is 0. The third-order valence-electron chi connectivity index (χ3n) is 4.06. The Balaban J connectivity index is 1.90. The highest BCUT2D eigenvalue weighted by Gasteiger charge is 2.13. The van der Waals surface area contributed by atoms with Gasteiger partial charge in [0.25, 0.3) is 0 Å². The van der Waals surface area contributed by atoms with Crippen molar-refractivity contribution in [2.45, 2.75) is 33.1 Å². The quantitative estimate of drug-likeness (QED) is 0.679. The summed E-state index contributed by atoms with van der Waals surface area (Å²) in [6.45, 7) is 9.43. The van der Waals surface area contributed by atoms with E-state index in [0.29, 0.717) is 5.95 Å². The first-order valence-corrected chi connectivity index (χ1v) is 8.86. The lowest BCUT2D eigenvalue weighted by molar-refractivity contribution is 0.590. The summed E-state index contributed by atoms with van der Waals surface area (Å²) < 4.78 is 0. The van der Waals surface area contributed by atoms with Gasteiger partial charge >= 0.3 is 0 Å². The monoisotopic (exact) mass is 347 g/mol. The Hall–Kier alpha value is -2.95. The molecular weight excluding hydrogens is 322 g/mol. The smallest absolute Gasteiger partial charge is 0.225 e. The van der Waals surface area contributed by atoms with E-state index in [1.54, 1.807) is 12.4 Å². The molecule has 5 nitrogen and oxygen atoms in total. The van der Waals surface area contributed by atoms with Crippen LogP contribution in [0.4, 0.5) is 17.5 Å². The predicted octanol–water partition coefficient (Wildman–Crippen LogP) is 5.01. The Labute approximate surface area is 154 Å². The van der Waals surface area contributed by atoms with Gasteiger partial charge in [-0.25, -0.2) is 4.98 Å². The fraction of sp³-hybridized carbons (Fsp3) is 0.286. The maximum Gasteiger partial charge on any atom is 0.225 e. The zero-order chi connectivity index (χ0) is 18.6. The van der Waals surface area contributed by atoms with Crippen molar-refractivity contribution in [2.24, 2.45) is 0 Å². The number of anilines is 3. The van der Waals surface area contributed by atoms with Gasteiger partial charge in [-0.2, -0.15) is 4.98 Å². The zero-order valence-electron chi connectivity index (χ0n) is 15.7. The van der Waals surface area contributed by atoms with Crippen LogP contribution in [0.2, 0.25) is 0 Å². The van der Waals surface area contributed by atoms with Crippen LogP contribution in [-0.4, -0.2) is 21.5 Å². The number of nitrogens with one attached hydrogen (secondary N) is 2. The number of aromatic nitrogens is 3. The van der Waals surface area contributed by atoms with E-state index < -0.39 is 0 Å². The van der Waals surface area contributed by atoms with Gasteiger partial charge in [0, 0.05) is 36.3 Å². The fourth-order valence-corrected chi connectivity index (χ4v) is 2.62. The summed E-state index contributed by atoms with van der Waals surface area (Å²) in [4.78, 5) is 13.2. The van der Waals surface area contributed by atoms with Crippen molar-refractivity contribution in [3.8, 4) is 11.3 Å². The summed E-state index contributed by atoms with van der Waals surface area (Å²) in [5.74, 6) is 1.36. The average Bonchev–Trinajstić information content (AvgIpc) is 2.62. The van der Waals surface area contributed by atoms with Crippen LogP contribution in [0.5, 0.6) is 0 Å². The van der Waals surface area contributed by atoms with Gasteiger partial charge in [-0.05, 0) is 42.2 Å². The number of nitrogens with zero attached hydrogens (tertiary/aromatic N) is 3. The van der Waals surface area contributed by atoms with Crippen molar-refractivity contribution < 1.29 is 0 Å². The first kappa shape index (κ1) is 17.9. The third kappa shape index (κ3) is 4.36. The molecule has 5 heteroatoms. The Morgan fingerprint density at radius 1 is 0.923 bits per heavy atom. The van der Waals surface area contributed by atoms with E-state index in [4.69, 9.17) is 0 Å². The Morgan fingerprint density at radius 2 is 1.62 bits per heavy atom. The molecule has 0 unspecified atom stereocenters. The Morgan fingerprint density at radius 3 is 2.23 bits per heavy atom. The SMILES string of the molecule is CCNc1nc(Nc2ccc(C(C)(C)C)cc2)cc(-c2ccncc2)n1. The molecule has 26 heavy (non-hydrogen) atoms. The van der Waals surface area contributed by atoms with Crippen LogP contribution >= 0.6 is 0 Å². The van der Waals surface area contributed by atoms with Gasteiger partial charge in [-0.3, -0.25) is 4.98 Å². The molecule has 2 aromatic heterocycles. The van der Waals surface area contributed by atoms with Crippen molar-refractivity contribution in [3.05, 3.63) is 60.4 Å². The molecule has 0 radical (unpaired) electrons. The van der Waals surface area contributed by atoms with E-state index >= 15 is 0 Å². The topological polar surface area (TPSA) is 62.7 Å². The van der Waals surface area contributed by atoms with E-state index in [0.717, 1.165) is 29.3 Å². The van der Waals surface area contributed by atoms with E-state index in [2.05, 4.69) is 70.6 Å². The fourth-order valence-electron chi connectivity index (χ4n) is 2.62. The van der Waals surface area contributed by atoms with Crippen molar-refractivity contribution in [2.75, 3.05) is 17.2 Å². The Bertz CT molecular complexity index is 852. The molecular formula is C21H25N5. The summed E-state index contributed by atoms with van der Waals surface area (Å²) in [5, 5.41) is 6.58. The number of rotatable bonds is 5. The minimum absolute atomic E-state index is 0.139. The second kappa shape index (κ2) is 7.52. The van der Waals surface area contributed by atoms with Gasteiger partial charge < -0.3 is 10.6 Å². The zero-order valence-corrected chi connectivity index (χ0v) is 15.7. The molecule has 0 amide bonds. The summed E-state index contributed by atoms with van der Waals surface area (Å²) in [5.41, 5.74) is 4.30. The van der Waals surface area contributed by atoms with Gasteiger partial charge in [0.1, 0.15) is 5.82 Å². The molecule has 0 atom stereocenters. The summed E-state index contributed by atoms with van der Waals surface area (Å²) in [6, 6.07) is 14.3. The maximum absolute atomic E-state index is 4.59. The van der Waals surface area contributed by atoms with Crippen molar-refractivity contribution in [1.82, 2.24) is 15.0 Å². The van der Waals surface area contributed by atoms with Gasteiger partial charge in [-0.1, -0.05) is 32.9 Å². The van der Waals surface area contributed by atoms with Crippen LogP contribution < -0.4 is 10.6 Å². The van der Waals surface area contributed by atoms with Gasteiger partial charge in [0.2, 0.25) is 5.95 Å². The number of benzene rings is 1. The molecule has 0 aliphatic rings. The first-order chi connectivity index (χ1) is 12.5. The molecule has 0 bridgehead atoms. The lowest BCUT2D eigenvalue weighted by Crippen LogP contribution is -2.10.